The van der Waals surface area contributed by atoms with E-state index in [2.05, 4.69) is 25.4 Å². The predicted molar refractivity (Wildman–Crippen MR) is 118 cm³/mol. The summed E-state index contributed by atoms with van der Waals surface area (Å²) in [6.07, 6.45) is 6.78. The average Bonchev–Trinajstić information content (AvgIpc) is 3.49. The molecule has 9 nitrogen and oxygen atoms in total. The van der Waals surface area contributed by atoms with Gasteiger partial charge in [-0.15, -0.1) is 0 Å². The normalized spacial score (nSPS) is 17.1. The molecule has 0 radical (unpaired) electrons. The number of nitrogens with zero attached hydrogens (tertiary/aromatic N) is 5. The van der Waals surface area contributed by atoms with Crippen molar-refractivity contribution in [1.29, 1.82) is 0 Å². The SMILES string of the molecule is O=C(Nc1cnc(-c2ncco2)c(Cl)c1)c1cnn(C2=CC=CC3C(=O)N=CC=C23)c1C(F)(F)F. The Morgan fingerprint density at radius 1 is 1.20 bits per heavy atom. The number of aromatic nitrogens is 4. The largest absolute Gasteiger partial charge is 0.443 e. The van der Waals surface area contributed by atoms with Gasteiger partial charge < -0.3 is 9.73 Å². The standard InChI is InChI=1S/C22H12ClF3N6O3/c23-15-8-11(9-29-17(15)21-28-6-7-35-21)31-20(34)14-10-30-32(18(14)22(24,25)26)16-3-1-2-13-12(16)4-5-27-19(13)33/h1-10,13H,(H,31,34). The average molecular weight is 501 g/mol. The highest BCUT2D eigenvalue weighted by atomic mass is 35.5. The van der Waals surface area contributed by atoms with Crippen LogP contribution >= 0.6 is 11.6 Å². The summed E-state index contributed by atoms with van der Waals surface area (Å²) in [5, 5.41) is 6.24. The number of nitrogens with one attached hydrogen (secondary N) is 1. The highest BCUT2D eigenvalue weighted by molar-refractivity contribution is 6.33. The molecule has 1 aliphatic heterocycles. The molecule has 0 aromatic carbocycles. The van der Waals surface area contributed by atoms with Crippen LogP contribution in [0.15, 0.2) is 70.2 Å². The van der Waals surface area contributed by atoms with Gasteiger partial charge in [0.05, 0.1) is 46.5 Å². The minimum absolute atomic E-state index is 0.00314. The van der Waals surface area contributed by atoms with Crippen molar-refractivity contribution in [3.05, 3.63) is 77.1 Å². The van der Waals surface area contributed by atoms with Crippen molar-refractivity contribution in [2.24, 2.45) is 10.9 Å². The summed E-state index contributed by atoms with van der Waals surface area (Å²) in [5.74, 6) is -2.29. The Morgan fingerprint density at radius 2 is 2.03 bits per heavy atom. The van der Waals surface area contributed by atoms with Crippen molar-refractivity contribution in [2.45, 2.75) is 6.18 Å². The van der Waals surface area contributed by atoms with Crippen LogP contribution in [0.4, 0.5) is 18.9 Å². The molecule has 3 aromatic rings. The lowest BCUT2D eigenvalue weighted by molar-refractivity contribution is -0.143. The molecular formula is C22H12ClF3N6O3. The van der Waals surface area contributed by atoms with Gasteiger partial charge in [0, 0.05) is 6.21 Å². The third-order valence-electron chi connectivity index (χ3n) is 5.15. The number of amides is 2. The number of rotatable bonds is 4. The molecule has 176 valence electrons. The van der Waals surface area contributed by atoms with Gasteiger partial charge in [0.15, 0.2) is 5.69 Å². The predicted octanol–water partition coefficient (Wildman–Crippen LogP) is 4.42. The van der Waals surface area contributed by atoms with E-state index in [1.807, 2.05) is 0 Å². The fourth-order valence-corrected chi connectivity index (χ4v) is 3.91. The monoisotopic (exact) mass is 500 g/mol. The molecule has 2 amide bonds. The lowest BCUT2D eigenvalue weighted by Crippen LogP contribution is -2.25. The van der Waals surface area contributed by atoms with Gasteiger partial charge in [-0.1, -0.05) is 23.8 Å². The Kier molecular flexibility index (Phi) is 5.44. The third kappa shape index (κ3) is 4.08. The molecule has 5 rings (SSSR count). The number of fused-ring (bicyclic) bond motifs is 1. The van der Waals surface area contributed by atoms with Crippen LogP contribution < -0.4 is 5.32 Å². The number of carbonyl (C=O) groups is 2. The summed E-state index contributed by atoms with van der Waals surface area (Å²) in [6, 6.07) is 1.31. The second-order valence-corrected chi connectivity index (χ2v) is 7.72. The van der Waals surface area contributed by atoms with Crippen molar-refractivity contribution in [1.82, 2.24) is 19.7 Å². The zero-order valence-electron chi connectivity index (χ0n) is 17.3. The topological polar surface area (TPSA) is 115 Å². The summed E-state index contributed by atoms with van der Waals surface area (Å²) in [4.78, 5) is 36.6. The minimum atomic E-state index is -4.95. The van der Waals surface area contributed by atoms with Crippen molar-refractivity contribution in [3.8, 4) is 11.6 Å². The van der Waals surface area contributed by atoms with Crippen molar-refractivity contribution in [3.63, 3.8) is 0 Å². The number of halogens is 4. The van der Waals surface area contributed by atoms with Crippen molar-refractivity contribution < 1.29 is 27.2 Å². The van der Waals surface area contributed by atoms with E-state index in [4.69, 9.17) is 16.0 Å². The highest BCUT2D eigenvalue weighted by Gasteiger charge is 2.42. The number of dihydropyridines is 1. The van der Waals surface area contributed by atoms with Crippen LogP contribution in [0.25, 0.3) is 17.3 Å². The molecule has 0 bridgehead atoms. The smallest absolute Gasteiger partial charge is 0.434 e. The first-order chi connectivity index (χ1) is 16.7. The number of hydrogen-bond acceptors (Lipinski definition) is 6. The van der Waals surface area contributed by atoms with Gasteiger partial charge in [-0.3, -0.25) is 9.59 Å². The number of allylic oxidation sites excluding steroid dienone is 4. The number of pyridine rings is 1. The van der Waals surface area contributed by atoms with Crippen LogP contribution in [-0.2, 0) is 11.0 Å². The summed E-state index contributed by atoms with van der Waals surface area (Å²) in [5.41, 5.74) is -1.50. The molecule has 0 saturated carbocycles. The number of oxazole rings is 1. The van der Waals surface area contributed by atoms with Crippen LogP contribution in [0, 0.1) is 5.92 Å². The van der Waals surface area contributed by atoms with E-state index in [0.717, 1.165) is 6.20 Å². The maximum atomic E-state index is 14.1. The fourth-order valence-electron chi connectivity index (χ4n) is 3.66. The lowest BCUT2D eigenvalue weighted by atomic mass is 9.89. The fraction of sp³-hybridized carbons (Fsp3) is 0.0909. The molecule has 13 heteroatoms. The van der Waals surface area contributed by atoms with E-state index in [1.165, 1.54) is 55.2 Å². The maximum Gasteiger partial charge on any atom is 0.434 e. The van der Waals surface area contributed by atoms with Gasteiger partial charge in [-0.25, -0.2) is 19.6 Å². The molecule has 1 atom stereocenters. The Morgan fingerprint density at radius 3 is 2.74 bits per heavy atom. The first-order valence-electron chi connectivity index (χ1n) is 9.93. The summed E-state index contributed by atoms with van der Waals surface area (Å²) in [6.45, 7) is 0. The Bertz CT molecular complexity index is 1470. The molecule has 1 N–H and O–H groups in total. The Hall–Kier alpha value is -4.32. The van der Waals surface area contributed by atoms with Gasteiger partial charge >= 0.3 is 6.18 Å². The Balaban J connectivity index is 1.49. The number of alkyl halides is 3. The third-order valence-corrected chi connectivity index (χ3v) is 5.44. The molecule has 1 aliphatic carbocycles. The first-order valence-corrected chi connectivity index (χ1v) is 10.3. The quantitative estimate of drug-likeness (QED) is 0.567. The Labute approximate surface area is 199 Å². The van der Waals surface area contributed by atoms with E-state index < -0.39 is 35.2 Å². The minimum Gasteiger partial charge on any atom is -0.443 e. The van der Waals surface area contributed by atoms with E-state index >= 15 is 0 Å². The first kappa shape index (κ1) is 22.5. The second kappa shape index (κ2) is 8.47. The van der Waals surface area contributed by atoms with Gasteiger partial charge in [-0.05, 0) is 23.8 Å². The molecule has 0 saturated heterocycles. The molecule has 1 unspecified atom stereocenters. The zero-order valence-corrected chi connectivity index (χ0v) is 18.1. The molecule has 0 spiro atoms. The van der Waals surface area contributed by atoms with Crippen LogP contribution in [0.3, 0.4) is 0 Å². The van der Waals surface area contributed by atoms with E-state index in [-0.39, 0.29) is 33.6 Å². The summed E-state index contributed by atoms with van der Waals surface area (Å²) < 4.78 is 48.1. The number of anilines is 1. The van der Waals surface area contributed by atoms with Crippen LogP contribution in [0.2, 0.25) is 5.02 Å². The van der Waals surface area contributed by atoms with Crippen LogP contribution in [0.5, 0.6) is 0 Å². The van der Waals surface area contributed by atoms with Gasteiger partial charge in [-0.2, -0.15) is 18.3 Å². The van der Waals surface area contributed by atoms with Crippen LogP contribution in [-0.4, -0.2) is 37.8 Å². The maximum absolute atomic E-state index is 14.1. The van der Waals surface area contributed by atoms with Crippen molar-refractivity contribution >= 4 is 41.0 Å². The number of carbonyl (C=O) groups excluding carboxylic acids is 2. The number of aliphatic imine (C=N–C) groups is 1. The van der Waals surface area contributed by atoms with E-state index in [0.29, 0.717) is 4.68 Å². The van der Waals surface area contributed by atoms with E-state index in [1.54, 1.807) is 0 Å². The van der Waals surface area contributed by atoms with Gasteiger partial charge in [0.2, 0.25) is 5.89 Å². The van der Waals surface area contributed by atoms with E-state index in [9.17, 15) is 22.8 Å². The lowest BCUT2D eigenvalue weighted by Gasteiger charge is -2.23. The van der Waals surface area contributed by atoms with Gasteiger partial charge in [0.1, 0.15) is 12.0 Å². The van der Waals surface area contributed by atoms with Crippen LogP contribution in [0.1, 0.15) is 16.1 Å². The summed E-state index contributed by atoms with van der Waals surface area (Å²) >= 11 is 6.17. The summed E-state index contributed by atoms with van der Waals surface area (Å²) in [7, 11) is 0. The zero-order chi connectivity index (χ0) is 24.7. The van der Waals surface area contributed by atoms with Gasteiger partial charge in [0.25, 0.3) is 11.8 Å². The second-order valence-electron chi connectivity index (χ2n) is 7.32. The molecule has 35 heavy (non-hydrogen) atoms. The van der Waals surface area contributed by atoms with Crippen molar-refractivity contribution in [2.75, 3.05) is 5.32 Å². The molecule has 2 aliphatic rings. The molecule has 0 fully saturated rings. The number of hydrogen-bond donors (Lipinski definition) is 1. The highest BCUT2D eigenvalue weighted by Crippen LogP contribution is 2.38. The molecule has 3 aromatic heterocycles. The molecule has 4 heterocycles. The molecular weight excluding hydrogens is 489 g/mol.